The number of nitrogens with two attached hydrogens (primary N) is 1. The fourth-order valence-electron chi connectivity index (χ4n) is 2.37. The van der Waals surface area contributed by atoms with Crippen molar-refractivity contribution in [2.75, 3.05) is 0 Å². The number of carbonyl (C=O) groups excluding carboxylic acids is 1. The summed E-state index contributed by atoms with van der Waals surface area (Å²) in [5.74, 6) is -0.379. The Morgan fingerprint density at radius 1 is 1.11 bits per heavy atom. The molecule has 0 unspecified atom stereocenters. The summed E-state index contributed by atoms with van der Waals surface area (Å²) in [5, 5.41) is 0. The minimum atomic E-state index is -4.49. The van der Waals surface area contributed by atoms with E-state index in [0.717, 1.165) is 16.7 Å². The van der Waals surface area contributed by atoms with Crippen molar-refractivity contribution in [3.63, 3.8) is 0 Å². The maximum absolute atomic E-state index is 12.5. The number of hydrogen-bond acceptors (Lipinski definition) is 3. The fourth-order valence-corrected chi connectivity index (χ4v) is 2.37. The standard InChI is InChI=1S/C11H9F3N2O2.C7H7NO/c1-2-16-8-4-3-6(11(12,13)14)5-7(8)15-9(17)10(16)18;8-7(9)6-4-2-1-3-5-6/h3-5H,2H2,1H3,(H,15,17);1-5H,(H2,8,9). The summed E-state index contributed by atoms with van der Waals surface area (Å²) < 4.78 is 38.7. The van der Waals surface area contributed by atoms with Crippen LogP contribution in [0, 0.1) is 0 Å². The number of fused-ring (bicyclic) bond motifs is 1. The molecule has 3 rings (SSSR count). The first-order chi connectivity index (χ1) is 12.6. The van der Waals surface area contributed by atoms with Gasteiger partial charge in [-0.1, -0.05) is 18.2 Å². The predicted molar refractivity (Wildman–Crippen MR) is 94.5 cm³/mol. The van der Waals surface area contributed by atoms with Crippen molar-refractivity contribution in [1.82, 2.24) is 9.55 Å². The highest BCUT2D eigenvalue weighted by molar-refractivity contribution is 5.92. The van der Waals surface area contributed by atoms with Gasteiger partial charge in [-0.05, 0) is 37.3 Å². The summed E-state index contributed by atoms with van der Waals surface area (Å²) in [6.07, 6.45) is -4.49. The first-order valence-corrected chi connectivity index (χ1v) is 7.84. The smallest absolute Gasteiger partial charge is 0.366 e. The third kappa shape index (κ3) is 4.63. The van der Waals surface area contributed by atoms with Crippen molar-refractivity contribution in [3.05, 3.63) is 80.4 Å². The van der Waals surface area contributed by atoms with Crippen LogP contribution < -0.4 is 16.9 Å². The van der Waals surface area contributed by atoms with Gasteiger partial charge < -0.3 is 15.3 Å². The molecule has 3 N–H and O–H groups in total. The number of alkyl halides is 3. The van der Waals surface area contributed by atoms with Crippen LogP contribution in [0.4, 0.5) is 13.2 Å². The lowest BCUT2D eigenvalue weighted by Gasteiger charge is -2.10. The van der Waals surface area contributed by atoms with Gasteiger partial charge in [0.2, 0.25) is 5.91 Å². The average Bonchev–Trinajstić information content (AvgIpc) is 2.63. The van der Waals surface area contributed by atoms with E-state index in [1.54, 1.807) is 31.2 Å². The molecule has 1 aromatic heterocycles. The van der Waals surface area contributed by atoms with E-state index in [4.69, 9.17) is 5.73 Å². The lowest BCUT2D eigenvalue weighted by Crippen LogP contribution is -2.36. The van der Waals surface area contributed by atoms with Gasteiger partial charge in [0.25, 0.3) is 0 Å². The van der Waals surface area contributed by atoms with Gasteiger partial charge in [-0.25, -0.2) is 0 Å². The highest BCUT2D eigenvalue weighted by Crippen LogP contribution is 2.30. The predicted octanol–water partition coefficient (Wildman–Crippen LogP) is 2.51. The number of primary amides is 1. The summed E-state index contributed by atoms with van der Waals surface area (Å²) in [4.78, 5) is 35.4. The van der Waals surface area contributed by atoms with Crippen LogP contribution in [0.25, 0.3) is 11.0 Å². The molecule has 0 aliphatic heterocycles. The highest BCUT2D eigenvalue weighted by Gasteiger charge is 2.30. The molecule has 3 aromatic rings. The quantitative estimate of drug-likeness (QED) is 0.670. The van der Waals surface area contributed by atoms with E-state index in [9.17, 15) is 27.6 Å². The van der Waals surface area contributed by atoms with Crippen LogP contribution in [0.1, 0.15) is 22.8 Å². The van der Waals surface area contributed by atoms with Crippen LogP contribution >= 0.6 is 0 Å². The zero-order valence-electron chi connectivity index (χ0n) is 14.2. The molecule has 2 aromatic carbocycles. The number of hydrogen-bond donors (Lipinski definition) is 2. The second-order valence-corrected chi connectivity index (χ2v) is 5.46. The number of nitrogens with zero attached hydrogens (tertiary/aromatic N) is 1. The van der Waals surface area contributed by atoms with Crippen molar-refractivity contribution in [2.24, 2.45) is 5.73 Å². The molecule has 0 fully saturated rings. The molecule has 1 heterocycles. The molecule has 0 spiro atoms. The number of H-pyrrole nitrogens is 1. The molecule has 0 aliphatic rings. The second kappa shape index (κ2) is 7.90. The Labute approximate surface area is 151 Å². The molecular weight excluding hydrogens is 363 g/mol. The molecule has 0 bridgehead atoms. The first-order valence-electron chi connectivity index (χ1n) is 7.84. The summed E-state index contributed by atoms with van der Waals surface area (Å²) in [7, 11) is 0. The van der Waals surface area contributed by atoms with Crippen LogP contribution in [0.2, 0.25) is 0 Å². The normalized spacial score (nSPS) is 11.0. The Morgan fingerprint density at radius 2 is 1.74 bits per heavy atom. The molecule has 9 heteroatoms. The van der Waals surface area contributed by atoms with Crippen LogP contribution in [0.15, 0.2) is 58.1 Å². The van der Waals surface area contributed by atoms with E-state index in [1.807, 2.05) is 6.07 Å². The number of amides is 1. The number of aromatic amines is 1. The van der Waals surface area contributed by atoms with Crippen molar-refractivity contribution >= 4 is 16.9 Å². The summed E-state index contributed by atoms with van der Waals surface area (Å²) in [5.41, 5.74) is 3.23. The van der Waals surface area contributed by atoms with Gasteiger partial charge in [0.05, 0.1) is 16.6 Å². The molecule has 6 nitrogen and oxygen atoms in total. The third-order valence-electron chi connectivity index (χ3n) is 3.68. The Hall–Kier alpha value is -3.36. The Balaban J connectivity index is 0.000000244. The van der Waals surface area contributed by atoms with E-state index < -0.39 is 22.9 Å². The van der Waals surface area contributed by atoms with Crippen molar-refractivity contribution in [2.45, 2.75) is 19.6 Å². The lowest BCUT2D eigenvalue weighted by atomic mass is 10.2. The molecule has 0 radical (unpaired) electrons. The number of aryl methyl sites for hydroxylation is 1. The van der Waals surface area contributed by atoms with Crippen LogP contribution in [0.5, 0.6) is 0 Å². The maximum Gasteiger partial charge on any atom is 0.416 e. The average molecular weight is 379 g/mol. The van der Waals surface area contributed by atoms with Gasteiger partial charge in [0, 0.05) is 12.1 Å². The molecule has 0 aliphatic carbocycles. The summed E-state index contributed by atoms with van der Waals surface area (Å²) >= 11 is 0. The molecule has 27 heavy (non-hydrogen) atoms. The van der Waals surface area contributed by atoms with E-state index in [0.29, 0.717) is 5.56 Å². The zero-order valence-corrected chi connectivity index (χ0v) is 14.2. The Kier molecular flexibility index (Phi) is 5.84. The maximum atomic E-state index is 12.5. The third-order valence-corrected chi connectivity index (χ3v) is 3.68. The number of aromatic nitrogens is 2. The fraction of sp³-hybridized carbons (Fsp3) is 0.167. The number of benzene rings is 2. The number of carbonyl (C=O) groups is 1. The minimum Gasteiger partial charge on any atom is -0.366 e. The monoisotopic (exact) mass is 379 g/mol. The van der Waals surface area contributed by atoms with Crippen LogP contribution in [0.3, 0.4) is 0 Å². The molecule has 1 amide bonds. The van der Waals surface area contributed by atoms with Gasteiger partial charge in [-0.3, -0.25) is 14.4 Å². The topological polar surface area (TPSA) is 97.9 Å². The number of halogens is 3. The van der Waals surface area contributed by atoms with Gasteiger partial charge >= 0.3 is 17.3 Å². The molecule has 0 saturated carbocycles. The Morgan fingerprint density at radius 3 is 2.22 bits per heavy atom. The van der Waals surface area contributed by atoms with E-state index >= 15 is 0 Å². The van der Waals surface area contributed by atoms with E-state index in [2.05, 4.69) is 4.98 Å². The highest BCUT2D eigenvalue weighted by atomic mass is 19.4. The Bertz CT molecular complexity index is 1070. The van der Waals surface area contributed by atoms with E-state index in [-0.39, 0.29) is 23.5 Å². The van der Waals surface area contributed by atoms with Gasteiger partial charge in [-0.15, -0.1) is 0 Å². The molecular formula is C18H16F3N3O3. The zero-order chi connectivity index (χ0) is 20.2. The largest absolute Gasteiger partial charge is 0.416 e. The second-order valence-electron chi connectivity index (χ2n) is 5.46. The summed E-state index contributed by atoms with van der Waals surface area (Å²) in [6, 6.07) is 11.6. The number of nitrogens with one attached hydrogen (secondary N) is 1. The van der Waals surface area contributed by atoms with Crippen LogP contribution in [-0.2, 0) is 12.7 Å². The molecule has 0 atom stereocenters. The number of rotatable bonds is 2. The van der Waals surface area contributed by atoms with Crippen LogP contribution in [-0.4, -0.2) is 15.5 Å². The van der Waals surface area contributed by atoms with Gasteiger partial charge in [0.1, 0.15) is 0 Å². The SMILES string of the molecule is CCn1c(=O)c(=O)[nH]c2cc(C(F)(F)F)ccc21.NC(=O)c1ccccc1. The van der Waals surface area contributed by atoms with Crippen molar-refractivity contribution in [1.29, 1.82) is 0 Å². The molecule has 0 saturated heterocycles. The van der Waals surface area contributed by atoms with Gasteiger partial charge in [-0.2, -0.15) is 13.2 Å². The van der Waals surface area contributed by atoms with E-state index in [1.165, 1.54) is 6.07 Å². The summed E-state index contributed by atoms with van der Waals surface area (Å²) in [6.45, 7) is 1.85. The first kappa shape index (κ1) is 20.0. The molecule has 142 valence electrons. The minimum absolute atomic E-state index is 0.00345. The lowest BCUT2D eigenvalue weighted by molar-refractivity contribution is -0.137. The van der Waals surface area contributed by atoms with Crippen molar-refractivity contribution < 1.29 is 18.0 Å². The van der Waals surface area contributed by atoms with Gasteiger partial charge in [0.15, 0.2) is 0 Å². The van der Waals surface area contributed by atoms with Crippen molar-refractivity contribution in [3.8, 4) is 0 Å².